The van der Waals surface area contributed by atoms with Crippen LogP contribution >= 0.6 is 0 Å². The number of amides is 2. The Balaban J connectivity index is 1.70. The summed E-state index contributed by atoms with van der Waals surface area (Å²) < 4.78 is 0. The predicted molar refractivity (Wildman–Crippen MR) is 97.7 cm³/mol. The lowest BCUT2D eigenvalue weighted by atomic mass is 10.1. The third-order valence-corrected chi connectivity index (χ3v) is 4.35. The zero-order valence-electron chi connectivity index (χ0n) is 14.2. The van der Waals surface area contributed by atoms with Crippen LogP contribution in [0.25, 0.3) is 0 Å². The van der Waals surface area contributed by atoms with Gasteiger partial charge in [-0.25, -0.2) is 4.90 Å². The molecule has 25 heavy (non-hydrogen) atoms. The topological polar surface area (TPSA) is 69.6 Å². The zero-order valence-corrected chi connectivity index (χ0v) is 14.2. The summed E-state index contributed by atoms with van der Waals surface area (Å²) in [5, 5.41) is 12.7. The van der Waals surface area contributed by atoms with Crippen molar-refractivity contribution in [2.24, 2.45) is 0 Å². The fourth-order valence-corrected chi connectivity index (χ4v) is 3.00. The Kier molecular flexibility index (Phi) is 5.03. The molecule has 2 amide bonds. The first-order valence-electron chi connectivity index (χ1n) is 8.60. The lowest BCUT2D eigenvalue weighted by Gasteiger charge is -2.16. The first kappa shape index (κ1) is 17.0. The SMILES string of the molecule is CCCCc1ccc(NC2CC(=O)N(c3cccc(O)c3)C2=O)cc1. The molecule has 1 saturated heterocycles. The molecule has 2 aromatic rings. The monoisotopic (exact) mass is 338 g/mol. The van der Waals surface area contributed by atoms with E-state index in [9.17, 15) is 14.7 Å². The van der Waals surface area contributed by atoms with Crippen LogP contribution in [-0.4, -0.2) is 23.0 Å². The highest BCUT2D eigenvalue weighted by molar-refractivity contribution is 6.23. The molecule has 2 N–H and O–H groups in total. The second kappa shape index (κ2) is 7.38. The number of hydrogen-bond acceptors (Lipinski definition) is 4. The fraction of sp³-hybridized carbons (Fsp3) is 0.300. The van der Waals surface area contributed by atoms with E-state index in [-0.39, 0.29) is 24.0 Å². The summed E-state index contributed by atoms with van der Waals surface area (Å²) in [6.45, 7) is 2.16. The molecule has 0 radical (unpaired) electrons. The third-order valence-electron chi connectivity index (χ3n) is 4.35. The van der Waals surface area contributed by atoms with Crippen molar-refractivity contribution in [3.63, 3.8) is 0 Å². The van der Waals surface area contributed by atoms with Gasteiger partial charge in [0.2, 0.25) is 5.91 Å². The molecule has 1 atom stereocenters. The molecule has 1 unspecified atom stereocenters. The van der Waals surface area contributed by atoms with E-state index in [2.05, 4.69) is 12.2 Å². The zero-order chi connectivity index (χ0) is 17.8. The van der Waals surface area contributed by atoms with E-state index in [1.807, 2.05) is 24.3 Å². The minimum atomic E-state index is -0.587. The summed E-state index contributed by atoms with van der Waals surface area (Å²) in [5.74, 6) is -0.546. The van der Waals surface area contributed by atoms with Gasteiger partial charge in [-0.3, -0.25) is 9.59 Å². The molecule has 0 saturated carbocycles. The summed E-state index contributed by atoms with van der Waals surface area (Å²) in [5.41, 5.74) is 2.49. The van der Waals surface area contributed by atoms with Crippen molar-refractivity contribution in [3.8, 4) is 5.75 Å². The van der Waals surface area contributed by atoms with Gasteiger partial charge in [0.05, 0.1) is 12.1 Å². The Morgan fingerprint density at radius 1 is 1.16 bits per heavy atom. The van der Waals surface area contributed by atoms with Crippen molar-refractivity contribution in [1.29, 1.82) is 0 Å². The quantitative estimate of drug-likeness (QED) is 0.791. The van der Waals surface area contributed by atoms with E-state index < -0.39 is 6.04 Å². The van der Waals surface area contributed by atoms with Gasteiger partial charge < -0.3 is 10.4 Å². The molecule has 5 heteroatoms. The number of hydrogen-bond donors (Lipinski definition) is 2. The molecule has 130 valence electrons. The number of imide groups is 1. The highest BCUT2D eigenvalue weighted by atomic mass is 16.3. The van der Waals surface area contributed by atoms with E-state index in [0.29, 0.717) is 5.69 Å². The van der Waals surface area contributed by atoms with Gasteiger partial charge in [0.15, 0.2) is 0 Å². The second-order valence-electron chi connectivity index (χ2n) is 6.29. The number of aromatic hydroxyl groups is 1. The molecule has 1 aliphatic heterocycles. The number of rotatable bonds is 6. The molecule has 1 aliphatic rings. The van der Waals surface area contributed by atoms with E-state index in [0.717, 1.165) is 29.8 Å². The van der Waals surface area contributed by atoms with Crippen LogP contribution in [0.5, 0.6) is 5.75 Å². The van der Waals surface area contributed by atoms with Crippen molar-refractivity contribution in [2.75, 3.05) is 10.2 Å². The molecular weight excluding hydrogens is 316 g/mol. The third kappa shape index (κ3) is 3.82. The minimum absolute atomic E-state index is 0.0252. The lowest BCUT2D eigenvalue weighted by Crippen LogP contribution is -2.34. The van der Waals surface area contributed by atoms with Gasteiger partial charge in [-0.05, 0) is 42.7 Å². The fourth-order valence-electron chi connectivity index (χ4n) is 3.00. The number of phenolic OH excluding ortho intramolecular Hbond substituents is 1. The van der Waals surface area contributed by atoms with Gasteiger partial charge in [0.1, 0.15) is 11.8 Å². The van der Waals surface area contributed by atoms with Gasteiger partial charge in [0, 0.05) is 11.8 Å². The van der Waals surface area contributed by atoms with Crippen molar-refractivity contribution in [2.45, 2.75) is 38.6 Å². The Morgan fingerprint density at radius 3 is 2.60 bits per heavy atom. The average molecular weight is 338 g/mol. The summed E-state index contributed by atoms with van der Waals surface area (Å²) in [4.78, 5) is 26.0. The summed E-state index contributed by atoms with van der Waals surface area (Å²) >= 11 is 0. The van der Waals surface area contributed by atoms with Gasteiger partial charge in [-0.15, -0.1) is 0 Å². The van der Waals surface area contributed by atoms with Gasteiger partial charge in [-0.2, -0.15) is 0 Å². The molecule has 0 aromatic heterocycles. The van der Waals surface area contributed by atoms with E-state index >= 15 is 0 Å². The Morgan fingerprint density at radius 2 is 1.92 bits per heavy atom. The Hall–Kier alpha value is -2.82. The standard InChI is InChI=1S/C20H22N2O3/c1-2-3-5-14-8-10-15(11-9-14)21-18-13-19(24)22(20(18)25)16-6-4-7-17(23)12-16/h4,6-12,18,21,23H,2-3,5,13H2,1H3. The maximum atomic E-state index is 12.6. The Labute approximate surface area is 147 Å². The molecule has 2 aromatic carbocycles. The van der Waals surface area contributed by atoms with Gasteiger partial charge in [0.25, 0.3) is 5.91 Å². The first-order valence-corrected chi connectivity index (χ1v) is 8.60. The highest BCUT2D eigenvalue weighted by Crippen LogP contribution is 2.27. The van der Waals surface area contributed by atoms with Crippen LogP contribution < -0.4 is 10.2 Å². The molecule has 0 aliphatic carbocycles. The van der Waals surface area contributed by atoms with Gasteiger partial charge >= 0.3 is 0 Å². The Bertz CT molecular complexity index is 771. The van der Waals surface area contributed by atoms with Crippen molar-refractivity contribution >= 4 is 23.2 Å². The molecule has 1 fully saturated rings. The van der Waals surface area contributed by atoms with Gasteiger partial charge in [-0.1, -0.05) is 31.5 Å². The molecule has 0 bridgehead atoms. The number of carbonyl (C=O) groups is 2. The molecule has 1 heterocycles. The van der Waals surface area contributed by atoms with Crippen molar-refractivity contribution < 1.29 is 14.7 Å². The highest BCUT2D eigenvalue weighted by Gasteiger charge is 2.39. The van der Waals surface area contributed by atoms with Crippen LogP contribution in [0.4, 0.5) is 11.4 Å². The minimum Gasteiger partial charge on any atom is -0.508 e. The largest absolute Gasteiger partial charge is 0.508 e. The number of phenols is 1. The predicted octanol–water partition coefficient (Wildman–Crippen LogP) is 3.48. The van der Waals surface area contributed by atoms with Crippen LogP contribution in [0.2, 0.25) is 0 Å². The lowest BCUT2D eigenvalue weighted by molar-refractivity contribution is -0.121. The second-order valence-corrected chi connectivity index (χ2v) is 6.29. The van der Waals surface area contributed by atoms with Crippen LogP contribution in [0.15, 0.2) is 48.5 Å². The van der Waals surface area contributed by atoms with E-state index in [1.165, 1.54) is 17.7 Å². The number of anilines is 2. The maximum absolute atomic E-state index is 12.6. The van der Waals surface area contributed by atoms with Crippen LogP contribution in [0, 0.1) is 0 Å². The molecular formula is C20H22N2O3. The van der Waals surface area contributed by atoms with Crippen molar-refractivity contribution in [3.05, 3.63) is 54.1 Å². The number of unbranched alkanes of at least 4 members (excludes halogenated alkanes) is 1. The van der Waals surface area contributed by atoms with Crippen LogP contribution in [0.1, 0.15) is 31.7 Å². The molecule has 5 nitrogen and oxygen atoms in total. The number of aryl methyl sites for hydroxylation is 1. The first-order chi connectivity index (χ1) is 12.1. The molecule has 0 spiro atoms. The number of nitrogens with zero attached hydrogens (tertiary/aromatic N) is 1. The van der Waals surface area contributed by atoms with Crippen LogP contribution in [0.3, 0.4) is 0 Å². The van der Waals surface area contributed by atoms with Crippen LogP contribution in [-0.2, 0) is 16.0 Å². The maximum Gasteiger partial charge on any atom is 0.256 e. The summed E-state index contributed by atoms with van der Waals surface area (Å²) in [7, 11) is 0. The number of nitrogens with one attached hydrogen (secondary N) is 1. The van der Waals surface area contributed by atoms with Crippen molar-refractivity contribution in [1.82, 2.24) is 0 Å². The summed E-state index contributed by atoms with van der Waals surface area (Å²) in [6, 6.07) is 13.6. The molecule has 3 rings (SSSR count). The number of carbonyl (C=O) groups excluding carboxylic acids is 2. The smallest absolute Gasteiger partial charge is 0.256 e. The number of benzene rings is 2. The van der Waals surface area contributed by atoms with E-state index in [4.69, 9.17) is 0 Å². The normalized spacial score (nSPS) is 17.2. The summed E-state index contributed by atoms with van der Waals surface area (Å²) in [6.07, 6.45) is 3.46. The average Bonchev–Trinajstić information content (AvgIpc) is 2.88. The van der Waals surface area contributed by atoms with E-state index in [1.54, 1.807) is 12.1 Å².